The summed E-state index contributed by atoms with van der Waals surface area (Å²) in [5.41, 5.74) is 7.23. The van der Waals surface area contributed by atoms with Crippen LogP contribution in [0, 0.1) is 6.92 Å². The predicted octanol–water partition coefficient (Wildman–Crippen LogP) is 0.782. The Bertz CT molecular complexity index is 478. The molecule has 2 rings (SSSR count). The van der Waals surface area contributed by atoms with Gasteiger partial charge < -0.3 is 5.73 Å². The molecule has 6 heteroatoms. The second kappa shape index (κ2) is 5.49. The van der Waals surface area contributed by atoms with Crippen LogP contribution in [-0.2, 0) is 6.54 Å². The Morgan fingerprint density at radius 2 is 2.18 bits per heavy atom. The quantitative estimate of drug-likeness (QED) is 0.770. The van der Waals surface area contributed by atoms with Crippen LogP contribution < -0.4 is 5.73 Å². The van der Waals surface area contributed by atoms with Crippen molar-refractivity contribution in [1.29, 1.82) is 0 Å². The van der Waals surface area contributed by atoms with Gasteiger partial charge in [-0.1, -0.05) is 6.07 Å². The van der Waals surface area contributed by atoms with E-state index in [2.05, 4.69) is 20.5 Å². The number of rotatable bonds is 5. The Hall–Kier alpha value is -1.82. The molecule has 0 unspecified atom stereocenters. The van der Waals surface area contributed by atoms with Gasteiger partial charge in [0.1, 0.15) is 5.69 Å². The average Bonchev–Trinajstić information content (AvgIpc) is 2.78. The van der Waals surface area contributed by atoms with Crippen molar-refractivity contribution in [3.63, 3.8) is 0 Å². The maximum Gasteiger partial charge on any atom is 0.200 e. The van der Waals surface area contributed by atoms with Crippen molar-refractivity contribution >= 4 is 0 Å². The zero-order valence-electron chi connectivity index (χ0n) is 9.87. The number of hydrogen-bond acceptors (Lipinski definition) is 5. The molecule has 2 aromatic heterocycles. The minimum Gasteiger partial charge on any atom is -0.330 e. The Morgan fingerprint density at radius 1 is 1.29 bits per heavy atom. The van der Waals surface area contributed by atoms with E-state index in [1.165, 1.54) is 0 Å². The van der Waals surface area contributed by atoms with Crippen molar-refractivity contribution in [1.82, 2.24) is 25.2 Å². The highest BCUT2D eigenvalue weighted by molar-refractivity contribution is 5.48. The van der Waals surface area contributed by atoms with E-state index in [0.717, 1.165) is 30.8 Å². The monoisotopic (exact) mass is 232 g/mol. The summed E-state index contributed by atoms with van der Waals surface area (Å²) in [4.78, 5) is 4.42. The molecule has 0 amide bonds. The van der Waals surface area contributed by atoms with Crippen LogP contribution in [0.3, 0.4) is 0 Å². The molecule has 0 aromatic carbocycles. The fraction of sp³-hybridized carbons (Fsp3) is 0.455. The molecule has 2 heterocycles. The van der Waals surface area contributed by atoms with Crippen LogP contribution in [0.15, 0.2) is 18.2 Å². The Morgan fingerprint density at radius 3 is 2.94 bits per heavy atom. The second-order valence-corrected chi connectivity index (χ2v) is 3.89. The van der Waals surface area contributed by atoms with Gasteiger partial charge in [0.05, 0.1) is 0 Å². The highest BCUT2D eigenvalue weighted by Crippen LogP contribution is 2.13. The Kier molecular flexibility index (Phi) is 3.77. The first-order chi connectivity index (χ1) is 8.31. The molecule has 0 saturated heterocycles. The molecule has 0 saturated carbocycles. The van der Waals surface area contributed by atoms with Gasteiger partial charge >= 0.3 is 0 Å². The smallest absolute Gasteiger partial charge is 0.200 e. The van der Waals surface area contributed by atoms with Crippen LogP contribution in [0.2, 0.25) is 0 Å². The third-order valence-electron chi connectivity index (χ3n) is 2.47. The standard InChI is InChI=1S/C11H16N6/c1-9-5-4-6-10(13-9)11-14-15-16-17(11)8-3-2-7-12/h4-6H,2-3,7-8,12H2,1H3. The SMILES string of the molecule is Cc1cccc(-c2nnnn2CCCCN)n1. The molecule has 0 aliphatic heterocycles. The van der Waals surface area contributed by atoms with Crippen LogP contribution in [0.4, 0.5) is 0 Å². The number of aromatic nitrogens is 5. The number of aryl methyl sites for hydroxylation is 2. The Balaban J connectivity index is 2.18. The Labute approximate surface area is 99.9 Å². The molecular weight excluding hydrogens is 216 g/mol. The van der Waals surface area contributed by atoms with Gasteiger partial charge in [0.2, 0.25) is 5.82 Å². The molecule has 2 N–H and O–H groups in total. The number of nitrogens with zero attached hydrogens (tertiary/aromatic N) is 5. The summed E-state index contributed by atoms with van der Waals surface area (Å²) in [5.74, 6) is 0.714. The molecule has 2 aromatic rings. The van der Waals surface area contributed by atoms with E-state index < -0.39 is 0 Å². The third kappa shape index (κ3) is 2.85. The summed E-state index contributed by atoms with van der Waals surface area (Å²) in [6.45, 7) is 3.42. The number of tetrazole rings is 1. The number of pyridine rings is 1. The average molecular weight is 232 g/mol. The molecule has 0 spiro atoms. The fourth-order valence-electron chi connectivity index (χ4n) is 1.61. The van der Waals surface area contributed by atoms with Crippen LogP contribution in [0.25, 0.3) is 11.5 Å². The summed E-state index contributed by atoms with van der Waals surface area (Å²) < 4.78 is 1.78. The lowest BCUT2D eigenvalue weighted by Gasteiger charge is -2.03. The lowest BCUT2D eigenvalue weighted by molar-refractivity contribution is 0.548. The van der Waals surface area contributed by atoms with E-state index in [4.69, 9.17) is 5.73 Å². The lowest BCUT2D eigenvalue weighted by Crippen LogP contribution is -2.06. The van der Waals surface area contributed by atoms with Crippen LogP contribution in [0.5, 0.6) is 0 Å². The maximum atomic E-state index is 5.46. The van der Waals surface area contributed by atoms with E-state index in [0.29, 0.717) is 12.4 Å². The number of nitrogens with two attached hydrogens (primary N) is 1. The van der Waals surface area contributed by atoms with Gasteiger partial charge in [0.25, 0.3) is 0 Å². The molecule has 0 bridgehead atoms. The predicted molar refractivity (Wildman–Crippen MR) is 64.1 cm³/mol. The highest BCUT2D eigenvalue weighted by atomic mass is 15.5. The van der Waals surface area contributed by atoms with E-state index in [1.807, 2.05) is 25.1 Å². The van der Waals surface area contributed by atoms with Gasteiger partial charge in [-0.05, 0) is 48.9 Å². The van der Waals surface area contributed by atoms with Gasteiger partial charge in [-0.25, -0.2) is 9.67 Å². The van der Waals surface area contributed by atoms with Gasteiger partial charge in [-0.3, -0.25) is 0 Å². The highest BCUT2D eigenvalue weighted by Gasteiger charge is 2.09. The van der Waals surface area contributed by atoms with E-state index in [9.17, 15) is 0 Å². The maximum absolute atomic E-state index is 5.46. The van der Waals surface area contributed by atoms with Crippen molar-refractivity contribution in [3.05, 3.63) is 23.9 Å². The van der Waals surface area contributed by atoms with Crippen LogP contribution >= 0.6 is 0 Å². The first-order valence-electron chi connectivity index (χ1n) is 5.71. The molecule has 6 nitrogen and oxygen atoms in total. The largest absolute Gasteiger partial charge is 0.330 e. The number of unbranched alkanes of at least 4 members (excludes halogenated alkanes) is 1. The van der Waals surface area contributed by atoms with Gasteiger partial charge in [-0.2, -0.15) is 0 Å². The molecular formula is C11H16N6. The van der Waals surface area contributed by atoms with Crippen molar-refractivity contribution in [2.45, 2.75) is 26.3 Å². The first kappa shape index (κ1) is 11.7. The summed E-state index contributed by atoms with van der Waals surface area (Å²) in [5, 5.41) is 11.7. The summed E-state index contributed by atoms with van der Waals surface area (Å²) in [7, 11) is 0. The van der Waals surface area contributed by atoms with E-state index >= 15 is 0 Å². The van der Waals surface area contributed by atoms with E-state index in [-0.39, 0.29) is 0 Å². The second-order valence-electron chi connectivity index (χ2n) is 3.89. The van der Waals surface area contributed by atoms with Crippen LogP contribution in [-0.4, -0.2) is 31.7 Å². The minimum atomic E-state index is 0.695. The normalized spacial score (nSPS) is 10.7. The first-order valence-corrected chi connectivity index (χ1v) is 5.71. The zero-order chi connectivity index (χ0) is 12.1. The minimum absolute atomic E-state index is 0.695. The topological polar surface area (TPSA) is 82.5 Å². The molecule has 0 aliphatic rings. The van der Waals surface area contributed by atoms with Crippen molar-refractivity contribution in [3.8, 4) is 11.5 Å². The molecule has 90 valence electrons. The fourth-order valence-corrected chi connectivity index (χ4v) is 1.61. The van der Waals surface area contributed by atoms with Gasteiger partial charge in [-0.15, -0.1) is 5.10 Å². The van der Waals surface area contributed by atoms with Gasteiger partial charge in [0.15, 0.2) is 0 Å². The molecule has 17 heavy (non-hydrogen) atoms. The van der Waals surface area contributed by atoms with E-state index in [1.54, 1.807) is 4.68 Å². The summed E-state index contributed by atoms with van der Waals surface area (Å²) in [6, 6.07) is 5.82. The molecule has 0 radical (unpaired) electrons. The molecule has 0 aliphatic carbocycles. The van der Waals surface area contributed by atoms with Crippen LogP contribution in [0.1, 0.15) is 18.5 Å². The summed E-state index contributed by atoms with van der Waals surface area (Å²) in [6.07, 6.45) is 1.95. The molecule has 0 atom stereocenters. The zero-order valence-corrected chi connectivity index (χ0v) is 9.87. The summed E-state index contributed by atoms with van der Waals surface area (Å²) >= 11 is 0. The van der Waals surface area contributed by atoms with Gasteiger partial charge in [0, 0.05) is 12.2 Å². The number of hydrogen-bond donors (Lipinski definition) is 1. The van der Waals surface area contributed by atoms with Crippen molar-refractivity contribution < 1.29 is 0 Å². The third-order valence-corrected chi connectivity index (χ3v) is 2.47. The lowest BCUT2D eigenvalue weighted by atomic mass is 10.3. The molecule has 0 fully saturated rings. The van der Waals surface area contributed by atoms with Crippen molar-refractivity contribution in [2.24, 2.45) is 5.73 Å². The van der Waals surface area contributed by atoms with Crippen molar-refractivity contribution in [2.75, 3.05) is 6.54 Å².